The molecule has 2 aliphatic carbocycles. The van der Waals surface area contributed by atoms with Crippen LogP contribution in [0.5, 0.6) is 0 Å². The second-order valence-electron chi connectivity index (χ2n) is 3.87. The maximum Gasteiger partial charge on any atom is 0.215 e. The van der Waals surface area contributed by atoms with Crippen LogP contribution >= 0.6 is 34.8 Å². The Morgan fingerprint density at radius 1 is 0.722 bits per heavy atom. The fraction of sp³-hybridized carbons (Fsp3) is 0.0769. The second kappa shape index (κ2) is 4.88. The Balaban J connectivity index is 2.58. The predicted molar refractivity (Wildman–Crippen MR) is 72.6 cm³/mol. The number of hydrogen-bond donors (Lipinski definition) is 0. The van der Waals surface area contributed by atoms with Crippen LogP contribution < -0.4 is 0 Å². The zero-order valence-electron chi connectivity index (χ0n) is 9.26. The average Bonchev–Trinajstić information content (AvgIpc) is 2.31. The van der Waals surface area contributed by atoms with Crippen LogP contribution in [0.4, 0.5) is 0 Å². The van der Waals surface area contributed by atoms with Crippen molar-refractivity contribution in [2.45, 2.75) is 6.92 Å². The van der Waals surface area contributed by atoms with Crippen LogP contribution in [0.15, 0.2) is 56.1 Å². The van der Waals surface area contributed by atoms with E-state index in [1.165, 1.54) is 18.2 Å². The summed E-state index contributed by atoms with van der Waals surface area (Å²) in [5, 5.41) is 0.207. The van der Waals surface area contributed by atoms with Gasteiger partial charge in [-0.25, -0.2) is 0 Å². The van der Waals surface area contributed by atoms with E-state index in [1.807, 2.05) is 0 Å². The number of halogens is 3. The summed E-state index contributed by atoms with van der Waals surface area (Å²) in [5.74, 6) is -0.622. The van der Waals surface area contributed by atoms with Crippen molar-refractivity contribution in [1.82, 2.24) is 0 Å². The highest BCUT2D eigenvalue weighted by Crippen LogP contribution is 2.30. The molecule has 0 saturated carbocycles. The minimum atomic E-state index is -0.412. The molecule has 0 N–H and O–H groups in total. The Bertz CT molecular complexity index is 514. The summed E-state index contributed by atoms with van der Waals surface area (Å²) in [7, 11) is 0. The first-order chi connectivity index (χ1) is 8.40. The van der Waals surface area contributed by atoms with Crippen molar-refractivity contribution < 1.29 is 9.59 Å². The van der Waals surface area contributed by atoms with Gasteiger partial charge in [0.05, 0.1) is 15.1 Å². The maximum atomic E-state index is 11.5. The van der Waals surface area contributed by atoms with Crippen LogP contribution in [0.1, 0.15) is 6.92 Å². The Morgan fingerprint density at radius 3 is 1.56 bits per heavy atom. The van der Waals surface area contributed by atoms with Crippen LogP contribution in [-0.2, 0) is 9.59 Å². The van der Waals surface area contributed by atoms with Gasteiger partial charge in [-0.2, -0.15) is 0 Å². The lowest BCUT2D eigenvalue weighted by atomic mass is 9.95. The van der Waals surface area contributed by atoms with E-state index in [0.29, 0.717) is 16.7 Å². The van der Waals surface area contributed by atoms with Crippen LogP contribution in [0.2, 0.25) is 0 Å². The molecule has 0 aromatic heterocycles. The minimum Gasteiger partial charge on any atom is -0.288 e. The van der Waals surface area contributed by atoms with E-state index in [4.69, 9.17) is 34.8 Å². The summed E-state index contributed by atoms with van der Waals surface area (Å²) in [6, 6.07) is 0. The first-order valence-corrected chi connectivity index (χ1v) is 6.17. The van der Waals surface area contributed by atoms with Gasteiger partial charge < -0.3 is 0 Å². The van der Waals surface area contributed by atoms with E-state index in [9.17, 15) is 9.59 Å². The van der Waals surface area contributed by atoms with Crippen LogP contribution in [0.3, 0.4) is 0 Å². The number of hydrogen-bond acceptors (Lipinski definition) is 2. The summed E-state index contributed by atoms with van der Waals surface area (Å²) < 4.78 is 0. The van der Waals surface area contributed by atoms with Crippen molar-refractivity contribution in [2.75, 3.05) is 0 Å². The Hall–Kier alpha value is -1.09. The first-order valence-electron chi connectivity index (χ1n) is 5.03. The SMILES string of the molecule is CC1=CC(=C2C=C(Cl)C(=O)C(Cl)=C2)C=C(Cl)C1=O. The molecular weight excluding hydrogens is 295 g/mol. The summed E-state index contributed by atoms with van der Waals surface area (Å²) >= 11 is 17.4. The predicted octanol–water partition coefficient (Wildman–Crippen LogP) is 3.76. The fourth-order valence-corrected chi connectivity index (χ4v) is 2.38. The molecule has 0 fully saturated rings. The number of rotatable bonds is 0. The van der Waals surface area contributed by atoms with Crippen molar-refractivity contribution in [3.8, 4) is 0 Å². The van der Waals surface area contributed by atoms with Crippen LogP contribution in [0, 0.1) is 0 Å². The van der Waals surface area contributed by atoms with Gasteiger partial charge in [0, 0.05) is 0 Å². The Kier molecular flexibility index (Phi) is 3.62. The molecule has 0 heterocycles. The number of carbonyl (C=O) groups excluding carboxylic acids is 2. The molecule has 0 radical (unpaired) electrons. The molecule has 0 unspecified atom stereocenters. The maximum absolute atomic E-state index is 11.5. The van der Waals surface area contributed by atoms with Gasteiger partial charge in [-0.3, -0.25) is 9.59 Å². The fourth-order valence-electron chi connectivity index (χ4n) is 1.62. The van der Waals surface area contributed by atoms with Gasteiger partial charge in [0.1, 0.15) is 0 Å². The molecule has 0 spiro atoms. The van der Waals surface area contributed by atoms with Crippen molar-refractivity contribution in [3.63, 3.8) is 0 Å². The highest BCUT2D eigenvalue weighted by Gasteiger charge is 2.20. The third-order valence-electron chi connectivity index (χ3n) is 2.56. The van der Waals surface area contributed by atoms with E-state index >= 15 is 0 Å². The molecule has 0 bridgehead atoms. The van der Waals surface area contributed by atoms with E-state index in [0.717, 1.165) is 0 Å². The Morgan fingerprint density at radius 2 is 1.11 bits per heavy atom. The lowest BCUT2D eigenvalue weighted by Gasteiger charge is -2.13. The van der Waals surface area contributed by atoms with Crippen molar-refractivity contribution in [2.24, 2.45) is 0 Å². The van der Waals surface area contributed by atoms with Gasteiger partial charge in [-0.05, 0) is 47.9 Å². The first kappa shape index (κ1) is 13.3. The summed E-state index contributed by atoms with van der Waals surface area (Å²) in [6.07, 6.45) is 6.22. The van der Waals surface area contributed by atoms with Crippen LogP contribution in [-0.4, -0.2) is 11.6 Å². The van der Waals surface area contributed by atoms with E-state index in [2.05, 4.69) is 0 Å². The van der Waals surface area contributed by atoms with Gasteiger partial charge in [-0.1, -0.05) is 34.8 Å². The number of carbonyl (C=O) groups is 2. The molecule has 0 aliphatic heterocycles. The highest BCUT2D eigenvalue weighted by atomic mass is 35.5. The lowest BCUT2D eigenvalue weighted by molar-refractivity contribution is -0.112. The van der Waals surface area contributed by atoms with Gasteiger partial charge in [0.25, 0.3) is 0 Å². The molecular formula is C13H7Cl3O2. The average molecular weight is 302 g/mol. The van der Waals surface area contributed by atoms with Crippen molar-refractivity contribution in [1.29, 1.82) is 0 Å². The number of ketones is 2. The van der Waals surface area contributed by atoms with Gasteiger partial charge in [-0.15, -0.1) is 0 Å². The normalized spacial score (nSPS) is 20.4. The largest absolute Gasteiger partial charge is 0.288 e. The van der Waals surface area contributed by atoms with Gasteiger partial charge in [0.15, 0.2) is 5.78 Å². The summed E-state index contributed by atoms with van der Waals surface area (Å²) in [6.45, 7) is 1.67. The van der Waals surface area contributed by atoms with Gasteiger partial charge >= 0.3 is 0 Å². The summed E-state index contributed by atoms with van der Waals surface area (Å²) in [5.41, 5.74) is 1.87. The third kappa shape index (κ3) is 2.37. The standard InChI is InChI=1S/C13H7Cl3O2/c1-6-2-7(3-9(14)12(6)17)8-4-10(15)13(18)11(16)5-8/h2-5H,1H3. The molecule has 2 nitrogen and oxygen atoms in total. The molecule has 0 aromatic carbocycles. The molecule has 2 rings (SSSR count). The summed E-state index contributed by atoms with van der Waals surface area (Å²) in [4.78, 5) is 22.9. The van der Waals surface area contributed by atoms with E-state index < -0.39 is 5.78 Å². The molecule has 0 atom stereocenters. The minimum absolute atomic E-state index is 0.0393. The van der Waals surface area contributed by atoms with Crippen LogP contribution in [0.25, 0.3) is 0 Å². The highest BCUT2D eigenvalue weighted by molar-refractivity contribution is 6.55. The van der Waals surface area contributed by atoms with E-state index in [-0.39, 0.29) is 20.9 Å². The lowest BCUT2D eigenvalue weighted by Crippen LogP contribution is -2.07. The smallest absolute Gasteiger partial charge is 0.215 e. The third-order valence-corrected chi connectivity index (χ3v) is 3.40. The molecule has 0 aromatic rings. The molecule has 92 valence electrons. The molecule has 0 saturated heterocycles. The topological polar surface area (TPSA) is 34.1 Å². The second-order valence-corrected chi connectivity index (χ2v) is 5.09. The zero-order valence-corrected chi connectivity index (χ0v) is 11.5. The number of Topliss-reactive ketones (excluding diaryl/α,β-unsaturated/α-hetero) is 2. The van der Waals surface area contributed by atoms with Crippen molar-refractivity contribution in [3.05, 3.63) is 56.1 Å². The molecule has 2 aliphatic rings. The molecule has 5 heteroatoms. The van der Waals surface area contributed by atoms with E-state index in [1.54, 1.807) is 13.0 Å². The Labute approximate surface area is 119 Å². The molecule has 18 heavy (non-hydrogen) atoms. The zero-order chi connectivity index (χ0) is 13.4. The number of allylic oxidation sites excluding steroid dienone is 10. The van der Waals surface area contributed by atoms with Crippen molar-refractivity contribution >= 4 is 46.4 Å². The molecule has 0 amide bonds. The monoisotopic (exact) mass is 300 g/mol. The van der Waals surface area contributed by atoms with Gasteiger partial charge in [0.2, 0.25) is 5.78 Å². The quantitative estimate of drug-likeness (QED) is 0.682.